The first-order chi connectivity index (χ1) is 9.45. The summed E-state index contributed by atoms with van der Waals surface area (Å²) in [5, 5.41) is -0.303. The lowest BCUT2D eigenvalue weighted by Gasteiger charge is -2.16. The zero-order chi connectivity index (χ0) is 14.9. The van der Waals surface area contributed by atoms with Crippen LogP contribution in [0.4, 0.5) is 4.39 Å². The van der Waals surface area contributed by atoms with E-state index in [1.54, 1.807) is 19.2 Å². The largest absolute Gasteiger partial charge is 0.496 e. The van der Waals surface area contributed by atoms with Gasteiger partial charge in [0.1, 0.15) is 11.6 Å². The first-order valence-corrected chi connectivity index (χ1v) is 7.00. The van der Waals surface area contributed by atoms with Gasteiger partial charge in [-0.3, -0.25) is 0 Å². The summed E-state index contributed by atoms with van der Waals surface area (Å²) >= 11 is 12.5. The molecule has 0 aliphatic heterocycles. The average molecular weight is 313 g/mol. The fourth-order valence-corrected chi connectivity index (χ4v) is 3.05. The molecular weight excluding hydrogens is 298 g/mol. The van der Waals surface area contributed by atoms with Crippen molar-refractivity contribution in [3.63, 3.8) is 0 Å². The smallest absolute Gasteiger partial charge is 0.129 e. The molecule has 1 unspecified atom stereocenters. The Hall–Kier alpha value is -1.25. The maximum Gasteiger partial charge on any atom is 0.129 e. The minimum absolute atomic E-state index is 0.305. The number of hydrogen-bond donors (Lipinski definition) is 0. The third-order valence-electron chi connectivity index (χ3n) is 3.23. The maximum atomic E-state index is 13.9. The predicted octanol–water partition coefficient (Wildman–Crippen LogP) is 5.43. The molecule has 0 saturated carbocycles. The summed E-state index contributed by atoms with van der Waals surface area (Å²) in [6, 6.07) is 8.35. The molecule has 2 aromatic carbocycles. The van der Waals surface area contributed by atoms with Crippen LogP contribution in [0.25, 0.3) is 0 Å². The van der Waals surface area contributed by atoms with Gasteiger partial charge in [0.15, 0.2) is 0 Å². The van der Waals surface area contributed by atoms with E-state index >= 15 is 0 Å². The Labute approximate surface area is 128 Å². The lowest BCUT2D eigenvalue weighted by Crippen LogP contribution is -2.01. The zero-order valence-electron chi connectivity index (χ0n) is 11.5. The number of hydrogen-bond acceptors (Lipinski definition) is 1. The van der Waals surface area contributed by atoms with Crippen LogP contribution < -0.4 is 4.74 Å². The molecule has 0 fully saturated rings. The van der Waals surface area contributed by atoms with Crippen LogP contribution in [0, 0.1) is 19.7 Å². The SMILES string of the molecule is COc1c(C)cc(C(Cl)c2c(F)cccc2Cl)cc1C. The summed E-state index contributed by atoms with van der Waals surface area (Å²) in [5.41, 5.74) is 3.02. The van der Waals surface area contributed by atoms with Gasteiger partial charge in [0.2, 0.25) is 0 Å². The lowest BCUT2D eigenvalue weighted by atomic mass is 9.99. The van der Waals surface area contributed by atoms with Crippen LogP contribution in [0.1, 0.15) is 27.6 Å². The number of benzene rings is 2. The van der Waals surface area contributed by atoms with Crippen molar-refractivity contribution in [1.29, 1.82) is 0 Å². The van der Waals surface area contributed by atoms with Gasteiger partial charge in [-0.05, 0) is 42.7 Å². The van der Waals surface area contributed by atoms with E-state index in [2.05, 4.69) is 0 Å². The van der Waals surface area contributed by atoms with Crippen molar-refractivity contribution in [3.05, 3.63) is 63.4 Å². The topological polar surface area (TPSA) is 9.23 Å². The minimum Gasteiger partial charge on any atom is -0.496 e. The zero-order valence-corrected chi connectivity index (χ0v) is 13.0. The molecule has 1 atom stereocenters. The second kappa shape index (κ2) is 6.02. The molecule has 0 N–H and O–H groups in total. The van der Waals surface area contributed by atoms with E-state index in [-0.39, 0.29) is 0 Å². The van der Waals surface area contributed by atoms with Gasteiger partial charge < -0.3 is 4.74 Å². The molecule has 1 nitrogen and oxygen atoms in total. The first kappa shape index (κ1) is 15.1. The van der Waals surface area contributed by atoms with Gasteiger partial charge in [0.25, 0.3) is 0 Å². The van der Waals surface area contributed by atoms with E-state index in [0.29, 0.717) is 10.6 Å². The second-order valence-electron chi connectivity index (χ2n) is 4.69. The summed E-state index contributed by atoms with van der Waals surface area (Å²) in [4.78, 5) is 0. The van der Waals surface area contributed by atoms with Crippen molar-refractivity contribution < 1.29 is 9.13 Å². The molecule has 4 heteroatoms. The second-order valence-corrected chi connectivity index (χ2v) is 5.53. The maximum absolute atomic E-state index is 13.9. The van der Waals surface area contributed by atoms with E-state index in [9.17, 15) is 4.39 Å². The third kappa shape index (κ3) is 2.77. The molecule has 0 bridgehead atoms. The highest BCUT2D eigenvalue weighted by atomic mass is 35.5. The van der Waals surface area contributed by atoms with Crippen molar-refractivity contribution >= 4 is 23.2 Å². The van der Waals surface area contributed by atoms with Crippen LogP contribution in [0.15, 0.2) is 30.3 Å². The highest BCUT2D eigenvalue weighted by Gasteiger charge is 2.20. The van der Waals surface area contributed by atoms with Crippen LogP contribution in [0.2, 0.25) is 5.02 Å². The Kier molecular flexibility index (Phi) is 4.56. The lowest BCUT2D eigenvalue weighted by molar-refractivity contribution is 0.408. The van der Waals surface area contributed by atoms with Gasteiger partial charge in [-0.15, -0.1) is 11.6 Å². The summed E-state index contributed by atoms with van der Waals surface area (Å²) in [5.74, 6) is 0.417. The van der Waals surface area contributed by atoms with Gasteiger partial charge in [0.05, 0.1) is 12.5 Å². The average Bonchev–Trinajstić information content (AvgIpc) is 2.37. The van der Waals surface area contributed by atoms with Gasteiger partial charge in [0, 0.05) is 10.6 Å². The molecule has 2 aromatic rings. The molecule has 0 heterocycles. The van der Waals surface area contributed by atoms with E-state index in [4.69, 9.17) is 27.9 Å². The highest BCUT2D eigenvalue weighted by Crippen LogP contribution is 2.37. The van der Waals surface area contributed by atoms with Crippen LogP contribution in [-0.2, 0) is 0 Å². The molecule has 0 aromatic heterocycles. The molecule has 106 valence electrons. The van der Waals surface area contributed by atoms with Crippen molar-refractivity contribution in [3.8, 4) is 5.75 Å². The summed E-state index contributed by atoms with van der Waals surface area (Å²) in [6.45, 7) is 3.86. The van der Waals surface area contributed by atoms with Gasteiger partial charge >= 0.3 is 0 Å². The Morgan fingerprint density at radius 2 is 1.75 bits per heavy atom. The molecule has 2 rings (SSSR count). The Morgan fingerprint density at radius 3 is 2.25 bits per heavy atom. The highest BCUT2D eigenvalue weighted by molar-refractivity contribution is 6.33. The Bertz CT molecular complexity index is 597. The molecule has 0 amide bonds. The molecule has 0 saturated heterocycles. The molecule has 20 heavy (non-hydrogen) atoms. The fourth-order valence-electron chi connectivity index (χ4n) is 2.37. The quantitative estimate of drug-likeness (QED) is 0.686. The van der Waals surface area contributed by atoms with E-state index in [0.717, 1.165) is 22.4 Å². The normalized spacial score (nSPS) is 12.3. The monoisotopic (exact) mass is 312 g/mol. The van der Waals surface area contributed by atoms with Gasteiger partial charge in [-0.25, -0.2) is 4.39 Å². The molecular formula is C16H15Cl2FO. The van der Waals surface area contributed by atoms with Crippen LogP contribution in [0.3, 0.4) is 0 Å². The number of alkyl halides is 1. The molecule has 0 radical (unpaired) electrons. The summed E-state index contributed by atoms with van der Waals surface area (Å²) in [7, 11) is 1.63. The summed E-state index contributed by atoms with van der Waals surface area (Å²) < 4.78 is 19.3. The van der Waals surface area contributed by atoms with Crippen LogP contribution >= 0.6 is 23.2 Å². The van der Waals surface area contributed by atoms with Crippen LogP contribution in [-0.4, -0.2) is 7.11 Å². The molecule has 0 aliphatic rings. The third-order valence-corrected chi connectivity index (χ3v) is 4.03. The number of halogens is 3. The Balaban J connectivity index is 2.52. The van der Waals surface area contributed by atoms with Crippen molar-refractivity contribution in [2.75, 3.05) is 7.11 Å². The number of rotatable bonds is 3. The Morgan fingerprint density at radius 1 is 1.15 bits per heavy atom. The van der Waals surface area contributed by atoms with Crippen molar-refractivity contribution in [1.82, 2.24) is 0 Å². The first-order valence-electron chi connectivity index (χ1n) is 6.18. The number of aryl methyl sites for hydroxylation is 2. The minimum atomic E-state index is -0.632. The summed E-state index contributed by atoms with van der Waals surface area (Å²) in [6.07, 6.45) is 0. The van der Waals surface area contributed by atoms with E-state index in [1.807, 2.05) is 26.0 Å². The van der Waals surface area contributed by atoms with Crippen molar-refractivity contribution in [2.24, 2.45) is 0 Å². The van der Waals surface area contributed by atoms with Gasteiger partial charge in [-0.1, -0.05) is 29.8 Å². The van der Waals surface area contributed by atoms with Crippen molar-refractivity contribution in [2.45, 2.75) is 19.2 Å². The standard InChI is InChI=1S/C16H15Cl2FO/c1-9-7-11(8-10(2)16(9)20-3)15(18)14-12(17)5-4-6-13(14)19/h4-8,15H,1-3H3. The van der Waals surface area contributed by atoms with Crippen LogP contribution in [0.5, 0.6) is 5.75 Å². The van der Waals surface area contributed by atoms with E-state index < -0.39 is 11.2 Å². The molecule has 0 spiro atoms. The molecule has 0 aliphatic carbocycles. The number of methoxy groups -OCH3 is 1. The fraction of sp³-hybridized carbons (Fsp3) is 0.250. The van der Waals surface area contributed by atoms with E-state index in [1.165, 1.54) is 6.07 Å². The number of ether oxygens (including phenoxy) is 1. The predicted molar refractivity (Wildman–Crippen MR) is 81.6 cm³/mol. The van der Waals surface area contributed by atoms with Gasteiger partial charge in [-0.2, -0.15) is 0 Å².